The van der Waals surface area contributed by atoms with Gasteiger partial charge >= 0.3 is 6.03 Å². The lowest BCUT2D eigenvalue weighted by Gasteiger charge is -2.15. The first-order valence-corrected chi connectivity index (χ1v) is 11.6. The van der Waals surface area contributed by atoms with Gasteiger partial charge in [-0.05, 0) is 65.6 Å². The summed E-state index contributed by atoms with van der Waals surface area (Å²) in [5.74, 6) is 0. The Bertz CT molecular complexity index is 1160. The molecular formula is C23H24N4O3S. The molecule has 0 saturated carbocycles. The number of rotatable bonds is 6. The van der Waals surface area contributed by atoms with E-state index in [0.717, 1.165) is 29.6 Å². The SMILES string of the molecule is CCCc1ccc(S(=O)(=O)Nc2ccc(NC(=O)N3C=C4C=CNC=C4C3)cc2)cc1. The van der Waals surface area contributed by atoms with E-state index in [-0.39, 0.29) is 10.9 Å². The van der Waals surface area contributed by atoms with Crippen LogP contribution in [0.25, 0.3) is 0 Å². The second-order valence-corrected chi connectivity index (χ2v) is 9.07. The van der Waals surface area contributed by atoms with Gasteiger partial charge in [0.2, 0.25) is 0 Å². The van der Waals surface area contributed by atoms with Crippen molar-refractivity contribution >= 4 is 27.4 Å². The average Bonchev–Trinajstić information content (AvgIpc) is 3.20. The van der Waals surface area contributed by atoms with Gasteiger partial charge in [-0.3, -0.25) is 9.62 Å². The van der Waals surface area contributed by atoms with Crippen LogP contribution >= 0.6 is 0 Å². The highest BCUT2D eigenvalue weighted by Gasteiger charge is 2.23. The fraction of sp³-hybridized carbons (Fsp3) is 0.174. The van der Waals surface area contributed by atoms with E-state index in [2.05, 4.69) is 22.3 Å². The van der Waals surface area contributed by atoms with Crippen LogP contribution in [0, 0.1) is 0 Å². The highest BCUT2D eigenvalue weighted by Crippen LogP contribution is 2.24. The minimum Gasteiger partial charge on any atom is -0.367 e. The van der Waals surface area contributed by atoms with Gasteiger partial charge in [0, 0.05) is 30.0 Å². The molecule has 31 heavy (non-hydrogen) atoms. The van der Waals surface area contributed by atoms with Crippen LogP contribution in [0.3, 0.4) is 0 Å². The first-order chi connectivity index (χ1) is 14.9. The number of dihydropyridines is 1. The van der Waals surface area contributed by atoms with Gasteiger partial charge in [0.15, 0.2) is 0 Å². The van der Waals surface area contributed by atoms with Gasteiger partial charge in [0.05, 0.1) is 11.4 Å². The molecule has 2 amide bonds. The largest absolute Gasteiger partial charge is 0.367 e. The van der Waals surface area contributed by atoms with Crippen molar-refractivity contribution in [3.8, 4) is 0 Å². The smallest absolute Gasteiger partial charge is 0.326 e. The quantitative estimate of drug-likeness (QED) is 0.634. The molecular weight excluding hydrogens is 412 g/mol. The molecule has 0 fully saturated rings. The molecule has 0 atom stereocenters. The van der Waals surface area contributed by atoms with Crippen molar-refractivity contribution in [2.45, 2.75) is 24.7 Å². The van der Waals surface area contributed by atoms with Crippen LogP contribution in [-0.4, -0.2) is 25.9 Å². The molecule has 2 aromatic rings. The number of nitrogens with zero attached hydrogens (tertiary/aromatic N) is 1. The number of fused-ring (bicyclic) bond motifs is 1. The Labute approximate surface area is 182 Å². The van der Waals surface area contributed by atoms with Crippen LogP contribution < -0.4 is 15.4 Å². The molecule has 4 rings (SSSR count). The number of sulfonamides is 1. The van der Waals surface area contributed by atoms with Crippen molar-refractivity contribution in [1.82, 2.24) is 10.2 Å². The molecule has 0 spiro atoms. The van der Waals surface area contributed by atoms with Crippen LogP contribution in [-0.2, 0) is 16.4 Å². The third kappa shape index (κ3) is 4.80. The Morgan fingerprint density at radius 1 is 1.06 bits per heavy atom. The molecule has 0 radical (unpaired) electrons. The maximum absolute atomic E-state index is 12.6. The second kappa shape index (κ2) is 8.69. The fourth-order valence-corrected chi connectivity index (χ4v) is 4.48. The third-order valence-electron chi connectivity index (χ3n) is 5.04. The summed E-state index contributed by atoms with van der Waals surface area (Å²) in [4.78, 5) is 14.3. The summed E-state index contributed by atoms with van der Waals surface area (Å²) in [5.41, 5.74) is 4.16. The molecule has 0 aromatic heterocycles. The van der Waals surface area contributed by atoms with Crippen molar-refractivity contribution in [2.75, 3.05) is 16.6 Å². The van der Waals surface area contributed by atoms with E-state index >= 15 is 0 Å². The molecule has 160 valence electrons. The van der Waals surface area contributed by atoms with Crippen LogP contribution in [0.2, 0.25) is 0 Å². The Morgan fingerprint density at radius 3 is 2.45 bits per heavy atom. The molecule has 3 N–H and O–H groups in total. The number of carbonyl (C=O) groups is 1. The molecule has 0 unspecified atom stereocenters. The van der Waals surface area contributed by atoms with Gasteiger partial charge in [0.25, 0.3) is 10.0 Å². The van der Waals surface area contributed by atoms with Gasteiger partial charge in [0.1, 0.15) is 0 Å². The first kappa shape index (κ1) is 20.7. The van der Waals surface area contributed by atoms with Gasteiger partial charge in [-0.1, -0.05) is 25.5 Å². The minimum atomic E-state index is -3.68. The standard InChI is InChI=1S/C23H24N4O3S/c1-2-3-17-4-10-22(11-5-17)31(29,30)26-21-8-6-20(7-9-21)25-23(28)27-15-18-12-13-24-14-19(18)16-27/h4-15,24,26H,2-3,16H2,1H3,(H,25,28). The highest BCUT2D eigenvalue weighted by atomic mass is 32.2. The second-order valence-electron chi connectivity index (χ2n) is 7.39. The van der Waals surface area contributed by atoms with E-state index in [0.29, 0.717) is 17.9 Å². The average molecular weight is 437 g/mol. The summed E-state index contributed by atoms with van der Waals surface area (Å²) in [6, 6.07) is 13.2. The summed E-state index contributed by atoms with van der Waals surface area (Å²) in [6.45, 7) is 2.58. The van der Waals surface area contributed by atoms with Crippen LogP contribution in [0.4, 0.5) is 16.2 Å². The topological polar surface area (TPSA) is 90.5 Å². The normalized spacial score (nSPS) is 14.9. The lowest BCUT2D eigenvalue weighted by atomic mass is 10.1. The number of allylic oxidation sites excluding steroid dienone is 1. The molecule has 8 heteroatoms. The highest BCUT2D eigenvalue weighted by molar-refractivity contribution is 7.92. The minimum absolute atomic E-state index is 0.214. The summed E-state index contributed by atoms with van der Waals surface area (Å²) in [5, 5.41) is 5.84. The van der Waals surface area contributed by atoms with Gasteiger partial charge in [-0.15, -0.1) is 0 Å². The van der Waals surface area contributed by atoms with Crippen LogP contribution in [0.5, 0.6) is 0 Å². The Morgan fingerprint density at radius 2 is 1.77 bits per heavy atom. The van der Waals surface area contributed by atoms with Gasteiger partial charge in [-0.25, -0.2) is 13.2 Å². The monoisotopic (exact) mass is 436 g/mol. The zero-order chi connectivity index (χ0) is 21.8. The number of aryl methyl sites for hydroxylation is 1. The summed E-state index contributed by atoms with van der Waals surface area (Å²) < 4.78 is 27.8. The molecule has 2 aromatic carbocycles. The predicted octanol–water partition coefficient (Wildman–Crippen LogP) is 4.17. The first-order valence-electron chi connectivity index (χ1n) is 10.1. The van der Waals surface area contributed by atoms with E-state index in [4.69, 9.17) is 0 Å². The number of hydrogen-bond donors (Lipinski definition) is 3. The van der Waals surface area contributed by atoms with E-state index in [1.54, 1.807) is 47.5 Å². The Balaban J connectivity index is 1.38. The number of anilines is 2. The third-order valence-corrected chi connectivity index (χ3v) is 6.44. The lowest BCUT2D eigenvalue weighted by Crippen LogP contribution is -2.29. The van der Waals surface area contributed by atoms with Crippen molar-refractivity contribution < 1.29 is 13.2 Å². The Kier molecular flexibility index (Phi) is 5.81. The predicted molar refractivity (Wildman–Crippen MR) is 122 cm³/mol. The van der Waals surface area contributed by atoms with Crippen molar-refractivity contribution in [1.29, 1.82) is 0 Å². The van der Waals surface area contributed by atoms with Crippen molar-refractivity contribution in [3.63, 3.8) is 0 Å². The zero-order valence-corrected chi connectivity index (χ0v) is 17.9. The number of nitrogens with one attached hydrogen (secondary N) is 3. The molecule has 2 heterocycles. The molecule has 2 aliphatic heterocycles. The van der Waals surface area contributed by atoms with E-state index in [9.17, 15) is 13.2 Å². The number of amides is 2. The Hall–Kier alpha value is -3.52. The van der Waals surface area contributed by atoms with Crippen molar-refractivity contribution in [3.05, 3.63) is 89.9 Å². The summed E-state index contributed by atoms with van der Waals surface area (Å²) in [7, 11) is -3.68. The number of urea groups is 1. The van der Waals surface area contributed by atoms with E-state index < -0.39 is 10.0 Å². The maximum atomic E-state index is 12.6. The van der Waals surface area contributed by atoms with E-state index in [1.807, 2.05) is 30.6 Å². The molecule has 0 aliphatic carbocycles. The lowest BCUT2D eigenvalue weighted by molar-refractivity contribution is 0.233. The number of benzene rings is 2. The molecule has 7 nitrogen and oxygen atoms in total. The molecule has 0 saturated heterocycles. The number of carbonyl (C=O) groups excluding carboxylic acids is 1. The number of hydrogen-bond acceptors (Lipinski definition) is 4. The van der Waals surface area contributed by atoms with Crippen molar-refractivity contribution in [2.24, 2.45) is 0 Å². The summed E-state index contributed by atoms with van der Waals surface area (Å²) in [6.07, 6.45) is 9.33. The van der Waals surface area contributed by atoms with Gasteiger partial charge < -0.3 is 10.6 Å². The van der Waals surface area contributed by atoms with Crippen LogP contribution in [0.1, 0.15) is 18.9 Å². The maximum Gasteiger partial charge on any atom is 0.326 e. The van der Waals surface area contributed by atoms with Crippen LogP contribution in [0.15, 0.2) is 89.2 Å². The molecule has 2 aliphatic rings. The van der Waals surface area contributed by atoms with E-state index in [1.165, 1.54) is 0 Å². The van der Waals surface area contributed by atoms with Gasteiger partial charge in [-0.2, -0.15) is 0 Å². The fourth-order valence-electron chi connectivity index (χ4n) is 3.42. The summed E-state index contributed by atoms with van der Waals surface area (Å²) >= 11 is 0. The molecule has 0 bridgehead atoms. The zero-order valence-electron chi connectivity index (χ0n) is 17.1.